The summed E-state index contributed by atoms with van der Waals surface area (Å²) in [5, 5.41) is 9.91. The summed E-state index contributed by atoms with van der Waals surface area (Å²) < 4.78 is 7.72. The maximum absolute atomic E-state index is 5.44. The Labute approximate surface area is 732 Å². The normalized spacial score (nSPS) is 11.5. The van der Waals surface area contributed by atoms with Crippen molar-refractivity contribution in [3.63, 3.8) is 0 Å². The van der Waals surface area contributed by atoms with Crippen LogP contribution in [0.25, 0.3) is 238 Å². The molecule has 0 aliphatic rings. The fourth-order valence-corrected chi connectivity index (χ4v) is 22.8. The van der Waals surface area contributed by atoms with Crippen molar-refractivity contribution in [1.29, 1.82) is 0 Å². The van der Waals surface area contributed by atoms with Gasteiger partial charge >= 0.3 is 0 Å². The van der Waals surface area contributed by atoms with E-state index in [-0.39, 0.29) is 0 Å². The minimum atomic E-state index is 0.704. The van der Waals surface area contributed by atoms with Crippen LogP contribution in [0.5, 0.6) is 0 Å². The van der Waals surface area contributed by atoms with Crippen molar-refractivity contribution in [2.45, 2.75) is 0 Å². The molecule has 24 aromatic rings. The molecule has 6 nitrogen and oxygen atoms in total. The average Bonchev–Trinajstić information content (AvgIpc) is 1.56. The zero-order valence-electron chi connectivity index (χ0n) is 66.7. The van der Waals surface area contributed by atoms with Gasteiger partial charge in [0.15, 0.2) is 11.6 Å². The highest BCUT2D eigenvalue weighted by Gasteiger charge is 2.28. The number of nitrogens with zero attached hydrogens (tertiary/aromatic N) is 6. The Morgan fingerprint density at radius 1 is 0.169 bits per heavy atom. The van der Waals surface area contributed by atoms with E-state index >= 15 is 0 Å². The number of hydrogen-bond donors (Lipinski definition) is 0. The fourth-order valence-electron chi connectivity index (χ4n) is 17.5. The lowest BCUT2D eigenvalue weighted by Gasteiger charge is -2.13. The van der Waals surface area contributed by atoms with Crippen LogP contribution in [0.1, 0.15) is 0 Å². The van der Waals surface area contributed by atoms with E-state index in [9.17, 15) is 0 Å². The van der Waals surface area contributed by atoms with Crippen molar-refractivity contribution in [3.8, 4) is 156 Å². The molecule has 0 unspecified atom stereocenters. The number of fused-ring (bicyclic) bond motifs is 12. The SMILES string of the molecule is c1ccc(-c2cc(-c3ccc(-c4ccc(-c5c(-c6cccc7c6sc6ccccc67)sc6c5c(-c5ccccc5)nc5ccccc56)cc4)cc3)nc(-c3ccccc3)n2)cc1.c1ccc(-c2cc(-c3cccc(-c4cccc(-c5c(-c6cccc7c6sc6ccccc67)sc6c5c(-c5ccccc5)nc5ccccc56)c4)c3)nc(-c3ccccc3)n2)cc1. The smallest absolute Gasteiger partial charge is 0.160 e. The van der Waals surface area contributed by atoms with Gasteiger partial charge < -0.3 is 0 Å². The number of thiophene rings is 4. The highest BCUT2D eigenvalue weighted by Crippen LogP contribution is 2.56. The Morgan fingerprint density at radius 3 is 0.903 bits per heavy atom. The first-order chi connectivity index (χ1) is 61.5. The summed E-state index contributed by atoms with van der Waals surface area (Å²) in [4.78, 5) is 33.6. The molecule has 580 valence electrons. The second-order valence-corrected chi connectivity index (χ2v) is 35.1. The van der Waals surface area contributed by atoms with E-state index in [2.05, 4.69) is 364 Å². The molecule has 24 rings (SSSR count). The molecule has 0 aliphatic carbocycles. The summed E-state index contributed by atoms with van der Waals surface area (Å²) in [6.07, 6.45) is 0. The molecule has 8 aromatic heterocycles. The van der Waals surface area contributed by atoms with Gasteiger partial charge in [0.05, 0.1) is 45.2 Å². The van der Waals surface area contributed by atoms with Crippen LogP contribution >= 0.6 is 45.3 Å². The molecule has 0 aliphatic heterocycles. The number of rotatable bonds is 14. The van der Waals surface area contributed by atoms with E-state index in [0.717, 1.165) is 118 Å². The number of para-hydroxylation sites is 2. The van der Waals surface area contributed by atoms with Crippen LogP contribution in [-0.2, 0) is 0 Å². The first-order valence-electron chi connectivity index (χ1n) is 41.5. The molecule has 0 atom stereocenters. The molecule has 0 N–H and O–H groups in total. The molecule has 0 saturated heterocycles. The molecule has 0 radical (unpaired) electrons. The van der Waals surface area contributed by atoms with E-state index in [1.165, 1.54) is 109 Å². The molecule has 10 heteroatoms. The third kappa shape index (κ3) is 13.6. The van der Waals surface area contributed by atoms with Gasteiger partial charge in [0, 0.05) is 148 Å². The van der Waals surface area contributed by atoms with Gasteiger partial charge in [-0.2, -0.15) is 0 Å². The largest absolute Gasteiger partial charge is 0.247 e. The standard InChI is InChI=1S/2C57H35N3S2/c1-4-17-36(18-5-1)48-35-49(60-57(59-48)38-21-8-3-9-22-38)41-25-14-23-39(33-41)40-24-15-26-42(34-40)51-52-53(37-19-6-2-7-20-37)58-47-31-12-10-28-45(47)55(52)62-56(51)46-30-16-29-44-43-27-11-13-32-50(43)61-54(44)46;1-4-15-38(16-5-1)48-35-49(60-57(59-48)42-19-8-3-9-20-42)39-31-27-36(28-32-39)37-29-33-40(34-30-37)51-52-53(41-17-6-2-7-18-41)58-47-25-12-10-22-45(47)55(52)62-56(51)46-24-14-23-44-43-21-11-13-26-50(43)61-54(44)46/h2*1-35H. The Kier molecular flexibility index (Phi) is 19.0. The van der Waals surface area contributed by atoms with Gasteiger partial charge in [0.1, 0.15) is 0 Å². The van der Waals surface area contributed by atoms with Gasteiger partial charge in [-0.1, -0.05) is 376 Å². The van der Waals surface area contributed by atoms with Gasteiger partial charge in [0.25, 0.3) is 0 Å². The average molecular weight is 1650 g/mol. The number of pyridine rings is 2. The van der Waals surface area contributed by atoms with Gasteiger partial charge in [0.2, 0.25) is 0 Å². The zero-order chi connectivity index (χ0) is 82.0. The first-order valence-corrected chi connectivity index (χ1v) is 44.8. The maximum atomic E-state index is 5.44. The lowest BCUT2D eigenvalue weighted by molar-refractivity contribution is 1.18. The highest BCUT2D eigenvalue weighted by atomic mass is 32.1. The summed E-state index contributed by atoms with van der Waals surface area (Å²) >= 11 is 7.54. The predicted molar refractivity (Wildman–Crippen MR) is 527 cm³/mol. The van der Waals surface area contributed by atoms with Crippen LogP contribution in [-0.4, -0.2) is 29.9 Å². The van der Waals surface area contributed by atoms with Gasteiger partial charge in [-0.3, -0.25) is 0 Å². The molecule has 0 bridgehead atoms. The minimum absolute atomic E-state index is 0.704. The fraction of sp³-hybridized carbons (Fsp3) is 0. The van der Waals surface area contributed by atoms with Gasteiger partial charge in [-0.05, 0) is 81.9 Å². The molecule has 124 heavy (non-hydrogen) atoms. The second-order valence-electron chi connectivity index (χ2n) is 31.0. The van der Waals surface area contributed by atoms with E-state index in [0.29, 0.717) is 11.6 Å². The van der Waals surface area contributed by atoms with Gasteiger partial charge in [-0.25, -0.2) is 29.9 Å². The monoisotopic (exact) mass is 1650 g/mol. The minimum Gasteiger partial charge on any atom is -0.247 e. The molecule has 0 fully saturated rings. The predicted octanol–water partition coefficient (Wildman–Crippen LogP) is 32.6. The summed E-state index contributed by atoms with van der Waals surface area (Å²) in [5.74, 6) is 1.42. The molecule has 0 amide bonds. The summed E-state index contributed by atoms with van der Waals surface area (Å²) in [6.45, 7) is 0. The third-order valence-electron chi connectivity index (χ3n) is 23.4. The van der Waals surface area contributed by atoms with Crippen LogP contribution in [0.15, 0.2) is 425 Å². The Hall–Kier alpha value is -15.1. The third-order valence-corrected chi connectivity index (χ3v) is 28.4. The summed E-state index contributed by atoms with van der Waals surface area (Å²) in [6, 6.07) is 151. The molecule has 0 spiro atoms. The van der Waals surface area contributed by atoms with E-state index in [1.807, 2.05) is 106 Å². The Morgan fingerprint density at radius 2 is 0.468 bits per heavy atom. The number of benzene rings is 16. The van der Waals surface area contributed by atoms with Crippen LogP contribution in [0, 0.1) is 0 Å². The van der Waals surface area contributed by atoms with E-state index in [1.54, 1.807) is 0 Å². The Balaban J connectivity index is 0.000000143. The van der Waals surface area contributed by atoms with Crippen molar-refractivity contribution in [2.24, 2.45) is 0 Å². The topological polar surface area (TPSA) is 77.3 Å². The molecule has 16 aromatic carbocycles. The summed E-state index contributed by atoms with van der Waals surface area (Å²) in [5.41, 5.74) is 27.8. The Bertz CT molecular complexity index is 8080. The second kappa shape index (κ2) is 31.8. The summed E-state index contributed by atoms with van der Waals surface area (Å²) in [7, 11) is 0. The van der Waals surface area contributed by atoms with Crippen molar-refractivity contribution < 1.29 is 0 Å². The molecular weight excluding hydrogens is 1580 g/mol. The van der Waals surface area contributed by atoms with Crippen LogP contribution in [0.3, 0.4) is 0 Å². The molecular formula is C114H70N6S4. The van der Waals surface area contributed by atoms with E-state index in [4.69, 9.17) is 29.9 Å². The highest BCUT2D eigenvalue weighted by molar-refractivity contribution is 7.28. The lowest BCUT2D eigenvalue weighted by Crippen LogP contribution is -1.96. The van der Waals surface area contributed by atoms with Crippen LogP contribution in [0.2, 0.25) is 0 Å². The molecule has 0 saturated carbocycles. The van der Waals surface area contributed by atoms with Crippen molar-refractivity contribution in [1.82, 2.24) is 29.9 Å². The van der Waals surface area contributed by atoms with Crippen LogP contribution < -0.4 is 0 Å². The maximum Gasteiger partial charge on any atom is 0.160 e. The number of aromatic nitrogens is 6. The first kappa shape index (κ1) is 74.0. The molecule has 8 heterocycles. The van der Waals surface area contributed by atoms with E-state index < -0.39 is 0 Å². The van der Waals surface area contributed by atoms with Crippen molar-refractivity contribution in [2.75, 3.05) is 0 Å². The lowest BCUT2D eigenvalue weighted by atomic mass is 9.92. The van der Waals surface area contributed by atoms with Crippen molar-refractivity contribution >= 4 is 128 Å². The number of hydrogen-bond acceptors (Lipinski definition) is 10. The zero-order valence-corrected chi connectivity index (χ0v) is 70.0. The van der Waals surface area contributed by atoms with Crippen LogP contribution in [0.4, 0.5) is 0 Å². The van der Waals surface area contributed by atoms with Gasteiger partial charge in [-0.15, -0.1) is 45.3 Å². The van der Waals surface area contributed by atoms with Crippen molar-refractivity contribution in [3.05, 3.63) is 425 Å². The quantitative estimate of drug-likeness (QED) is 0.108.